The number of fused-ring (bicyclic) bond motifs is 1. The van der Waals surface area contributed by atoms with Gasteiger partial charge in [0.05, 0.1) is 11.7 Å². The smallest absolute Gasteiger partial charge is 0.263 e. The molecular formula is C16H25N5O. The van der Waals surface area contributed by atoms with Crippen molar-refractivity contribution in [3.63, 3.8) is 0 Å². The summed E-state index contributed by atoms with van der Waals surface area (Å²) >= 11 is 0. The van der Waals surface area contributed by atoms with Crippen LogP contribution in [0.3, 0.4) is 0 Å². The molecule has 2 aromatic heterocycles. The quantitative estimate of drug-likeness (QED) is 0.925. The lowest BCUT2D eigenvalue weighted by Gasteiger charge is -2.32. The molecular weight excluding hydrogens is 278 g/mol. The molecule has 1 fully saturated rings. The van der Waals surface area contributed by atoms with E-state index in [2.05, 4.69) is 42.7 Å². The molecule has 1 atom stereocenters. The topological polar surface area (TPSA) is 66.8 Å². The van der Waals surface area contributed by atoms with Gasteiger partial charge < -0.3 is 4.90 Å². The molecule has 1 N–H and O–H groups in total. The highest BCUT2D eigenvalue weighted by Gasteiger charge is 2.24. The van der Waals surface area contributed by atoms with Crippen LogP contribution in [0.5, 0.6) is 0 Å². The Morgan fingerprint density at radius 1 is 1.41 bits per heavy atom. The van der Waals surface area contributed by atoms with Gasteiger partial charge in [-0.25, -0.2) is 4.68 Å². The molecule has 2 aromatic rings. The summed E-state index contributed by atoms with van der Waals surface area (Å²) in [6.07, 6.45) is 5.20. The third-order valence-electron chi connectivity index (χ3n) is 4.46. The molecule has 6 heteroatoms. The molecule has 0 bridgehead atoms. The molecule has 0 aromatic carbocycles. The fourth-order valence-electron chi connectivity index (χ4n) is 3.14. The molecule has 1 aliphatic rings. The van der Waals surface area contributed by atoms with Crippen LogP contribution in [0.25, 0.3) is 11.0 Å². The number of nitrogens with zero attached hydrogens (tertiary/aromatic N) is 4. The first-order valence-corrected chi connectivity index (χ1v) is 8.13. The Kier molecular flexibility index (Phi) is 3.70. The second kappa shape index (κ2) is 5.41. The van der Waals surface area contributed by atoms with Crippen molar-refractivity contribution in [1.29, 1.82) is 0 Å². The summed E-state index contributed by atoms with van der Waals surface area (Å²) in [7, 11) is 0. The van der Waals surface area contributed by atoms with E-state index in [1.54, 1.807) is 6.20 Å². The Balaban J connectivity index is 2.06. The number of nitrogens with one attached hydrogen (secondary N) is 1. The fraction of sp³-hybridized carbons (Fsp3) is 0.688. The maximum absolute atomic E-state index is 12.4. The van der Waals surface area contributed by atoms with Gasteiger partial charge in [0.1, 0.15) is 5.39 Å². The molecule has 0 radical (unpaired) electrons. The fourth-order valence-corrected chi connectivity index (χ4v) is 3.14. The summed E-state index contributed by atoms with van der Waals surface area (Å²) in [4.78, 5) is 22.2. The molecule has 120 valence electrons. The minimum absolute atomic E-state index is 0.103. The monoisotopic (exact) mass is 303 g/mol. The molecule has 0 amide bonds. The number of anilines is 1. The SMILES string of the molecule is CC[C@H]1CCCN(c2nc3c(cnn3C(C)(C)C)c(=O)[nH]2)C1. The molecule has 3 rings (SSSR count). The number of rotatable bonds is 2. The van der Waals surface area contributed by atoms with Crippen LogP contribution in [0.4, 0.5) is 5.95 Å². The molecule has 6 nitrogen and oxygen atoms in total. The third kappa shape index (κ3) is 2.62. The van der Waals surface area contributed by atoms with E-state index in [0.717, 1.165) is 19.5 Å². The molecule has 3 heterocycles. The van der Waals surface area contributed by atoms with Crippen LogP contribution < -0.4 is 10.5 Å². The van der Waals surface area contributed by atoms with Crippen molar-refractivity contribution in [2.75, 3.05) is 18.0 Å². The maximum Gasteiger partial charge on any atom is 0.263 e. The Morgan fingerprint density at radius 3 is 2.86 bits per heavy atom. The first kappa shape index (κ1) is 15.1. The molecule has 1 aliphatic heterocycles. The number of H-pyrrole nitrogens is 1. The molecule has 0 unspecified atom stereocenters. The standard InChI is InChI=1S/C16H25N5O/c1-5-11-7-6-8-20(10-11)15-18-13-12(14(22)19-15)9-17-21(13)16(2,3)4/h9,11H,5-8,10H2,1-4H3,(H,18,19,22)/t11-/m0/s1. The van der Waals surface area contributed by atoms with Gasteiger partial charge >= 0.3 is 0 Å². The van der Waals surface area contributed by atoms with E-state index >= 15 is 0 Å². The van der Waals surface area contributed by atoms with Crippen LogP contribution in [0.15, 0.2) is 11.0 Å². The van der Waals surface area contributed by atoms with Crippen LogP contribution in [-0.4, -0.2) is 32.8 Å². The van der Waals surface area contributed by atoms with E-state index in [-0.39, 0.29) is 11.1 Å². The van der Waals surface area contributed by atoms with Crippen molar-refractivity contribution in [3.05, 3.63) is 16.6 Å². The van der Waals surface area contributed by atoms with E-state index in [4.69, 9.17) is 4.98 Å². The number of hydrogen-bond acceptors (Lipinski definition) is 4. The lowest BCUT2D eigenvalue weighted by atomic mass is 9.96. The second-order valence-corrected chi connectivity index (χ2v) is 7.22. The Hall–Kier alpha value is -1.85. The van der Waals surface area contributed by atoms with Gasteiger partial charge in [0.15, 0.2) is 5.65 Å². The van der Waals surface area contributed by atoms with Crippen molar-refractivity contribution >= 4 is 17.0 Å². The lowest BCUT2D eigenvalue weighted by molar-refractivity contribution is 0.365. The largest absolute Gasteiger partial charge is 0.342 e. The molecule has 22 heavy (non-hydrogen) atoms. The van der Waals surface area contributed by atoms with Crippen LogP contribution in [0, 0.1) is 5.92 Å². The summed E-state index contributed by atoms with van der Waals surface area (Å²) in [5.41, 5.74) is 0.368. The molecule has 0 aliphatic carbocycles. The van der Waals surface area contributed by atoms with Crippen molar-refractivity contribution in [3.8, 4) is 0 Å². The normalized spacial score (nSPS) is 19.8. The predicted octanol–water partition coefficient (Wildman–Crippen LogP) is 2.50. The van der Waals surface area contributed by atoms with E-state index in [1.807, 2.05) is 4.68 Å². The van der Waals surface area contributed by atoms with Crippen molar-refractivity contribution in [1.82, 2.24) is 19.7 Å². The summed E-state index contributed by atoms with van der Waals surface area (Å²) in [6.45, 7) is 10.3. The van der Waals surface area contributed by atoms with Crippen molar-refractivity contribution in [2.24, 2.45) is 5.92 Å². The average molecular weight is 303 g/mol. The zero-order valence-corrected chi connectivity index (χ0v) is 13.9. The predicted molar refractivity (Wildman–Crippen MR) is 88.4 cm³/mol. The maximum atomic E-state index is 12.4. The van der Waals surface area contributed by atoms with Crippen molar-refractivity contribution in [2.45, 2.75) is 52.5 Å². The van der Waals surface area contributed by atoms with Crippen LogP contribution in [0.1, 0.15) is 47.0 Å². The first-order valence-electron chi connectivity index (χ1n) is 8.13. The Morgan fingerprint density at radius 2 is 2.18 bits per heavy atom. The number of aromatic nitrogens is 4. The summed E-state index contributed by atoms with van der Waals surface area (Å²) in [5, 5.41) is 4.92. The summed E-state index contributed by atoms with van der Waals surface area (Å²) in [5.74, 6) is 1.36. The van der Waals surface area contributed by atoms with Crippen LogP contribution in [0.2, 0.25) is 0 Å². The van der Waals surface area contributed by atoms with Crippen LogP contribution in [-0.2, 0) is 5.54 Å². The lowest BCUT2D eigenvalue weighted by Crippen LogP contribution is -2.37. The highest BCUT2D eigenvalue weighted by Crippen LogP contribution is 2.24. The van der Waals surface area contributed by atoms with Gasteiger partial charge in [-0.1, -0.05) is 13.3 Å². The van der Waals surface area contributed by atoms with E-state index in [1.165, 1.54) is 12.8 Å². The highest BCUT2D eigenvalue weighted by molar-refractivity contribution is 5.74. The van der Waals surface area contributed by atoms with Gasteiger partial charge in [-0.15, -0.1) is 0 Å². The molecule has 0 spiro atoms. The van der Waals surface area contributed by atoms with E-state index in [0.29, 0.717) is 22.9 Å². The summed E-state index contributed by atoms with van der Waals surface area (Å²) < 4.78 is 1.84. The first-order chi connectivity index (χ1) is 10.4. The number of aromatic amines is 1. The van der Waals surface area contributed by atoms with Crippen molar-refractivity contribution < 1.29 is 0 Å². The second-order valence-electron chi connectivity index (χ2n) is 7.22. The zero-order valence-electron chi connectivity index (χ0n) is 13.9. The number of hydrogen-bond donors (Lipinski definition) is 1. The molecule has 0 saturated carbocycles. The zero-order chi connectivity index (χ0) is 15.9. The van der Waals surface area contributed by atoms with E-state index in [9.17, 15) is 4.79 Å². The van der Waals surface area contributed by atoms with Gasteiger partial charge in [0.25, 0.3) is 5.56 Å². The van der Waals surface area contributed by atoms with Gasteiger partial charge in [-0.2, -0.15) is 10.1 Å². The van der Waals surface area contributed by atoms with Gasteiger partial charge in [-0.05, 0) is 39.5 Å². The van der Waals surface area contributed by atoms with Gasteiger partial charge in [0, 0.05) is 13.1 Å². The number of piperidine rings is 1. The Bertz CT molecular complexity index is 724. The minimum atomic E-state index is -0.201. The Labute approximate surface area is 130 Å². The minimum Gasteiger partial charge on any atom is -0.342 e. The summed E-state index contributed by atoms with van der Waals surface area (Å²) in [6, 6.07) is 0. The molecule has 1 saturated heterocycles. The van der Waals surface area contributed by atoms with E-state index < -0.39 is 0 Å². The van der Waals surface area contributed by atoms with Crippen LogP contribution >= 0.6 is 0 Å². The third-order valence-corrected chi connectivity index (χ3v) is 4.46. The average Bonchev–Trinajstić information content (AvgIpc) is 2.92. The highest BCUT2D eigenvalue weighted by atomic mass is 16.1. The van der Waals surface area contributed by atoms with Gasteiger partial charge in [0.2, 0.25) is 5.95 Å². The van der Waals surface area contributed by atoms with Gasteiger partial charge in [-0.3, -0.25) is 9.78 Å².